The number of nitrogens with two attached hydrogens (primary N) is 1. The zero-order chi connectivity index (χ0) is 15.7. The standard InChI is InChI=1S/C15H19F3N2O/c1-20(13(21)9-14(19)7-2-8-14)10-11-3-5-12(6-4-11)15(16,17)18/h3-6H,2,7-10,19H2,1H3. The number of carbonyl (C=O) groups excluding carboxylic acids is 1. The zero-order valence-electron chi connectivity index (χ0n) is 11.9. The molecule has 0 unspecified atom stereocenters. The average Bonchev–Trinajstić information content (AvgIpc) is 2.36. The van der Waals surface area contributed by atoms with E-state index in [4.69, 9.17) is 5.73 Å². The zero-order valence-corrected chi connectivity index (χ0v) is 11.9. The van der Waals surface area contributed by atoms with Crippen molar-refractivity contribution in [1.29, 1.82) is 0 Å². The van der Waals surface area contributed by atoms with Gasteiger partial charge in [0.2, 0.25) is 5.91 Å². The van der Waals surface area contributed by atoms with Gasteiger partial charge in [-0.05, 0) is 37.0 Å². The van der Waals surface area contributed by atoms with Gasteiger partial charge < -0.3 is 10.6 Å². The first-order valence-electron chi connectivity index (χ1n) is 6.89. The summed E-state index contributed by atoms with van der Waals surface area (Å²) < 4.78 is 37.4. The number of hydrogen-bond acceptors (Lipinski definition) is 2. The molecule has 116 valence electrons. The van der Waals surface area contributed by atoms with Gasteiger partial charge in [-0.3, -0.25) is 4.79 Å². The highest BCUT2D eigenvalue weighted by atomic mass is 19.4. The third-order valence-corrected chi connectivity index (χ3v) is 3.98. The number of nitrogens with zero attached hydrogens (tertiary/aromatic N) is 1. The van der Waals surface area contributed by atoms with Crippen molar-refractivity contribution in [3.05, 3.63) is 35.4 Å². The second kappa shape index (κ2) is 5.67. The number of halogens is 3. The van der Waals surface area contributed by atoms with Crippen LogP contribution in [0, 0.1) is 0 Å². The molecule has 1 saturated carbocycles. The van der Waals surface area contributed by atoms with Crippen LogP contribution in [0.15, 0.2) is 24.3 Å². The number of amides is 1. The summed E-state index contributed by atoms with van der Waals surface area (Å²) in [5.41, 5.74) is 5.63. The normalized spacial score (nSPS) is 17.2. The molecule has 1 fully saturated rings. The van der Waals surface area contributed by atoms with Gasteiger partial charge >= 0.3 is 6.18 Å². The van der Waals surface area contributed by atoms with Crippen molar-refractivity contribution in [2.75, 3.05) is 7.05 Å². The molecule has 0 radical (unpaired) electrons. The van der Waals surface area contributed by atoms with Gasteiger partial charge in [-0.2, -0.15) is 13.2 Å². The Balaban J connectivity index is 1.93. The van der Waals surface area contributed by atoms with Crippen molar-refractivity contribution < 1.29 is 18.0 Å². The smallest absolute Gasteiger partial charge is 0.341 e. The van der Waals surface area contributed by atoms with Crippen molar-refractivity contribution in [2.45, 2.75) is 43.9 Å². The maximum Gasteiger partial charge on any atom is 0.416 e. The molecule has 1 aromatic carbocycles. The Bertz CT molecular complexity index is 507. The maximum atomic E-state index is 12.5. The summed E-state index contributed by atoms with van der Waals surface area (Å²) in [6.45, 7) is 0.285. The Morgan fingerprint density at radius 2 is 1.86 bits per heavy atom. The molecule has 21 heavy (non-hydrogen) atoms. The van der Waals surface area contributed by atoms with Crippen molar-refractivity contribution in [1.82, 2.24) is 4.90 Å². The van der Waals surface area contributed by atoms with Crippen LogP contribution in [0.2, 0.25) is 0 Å². The number of carbonyl (C=O) groups is 1. The monoisotopic (exact) mass is 300 g/mol. The first-order chi connectivity index (χ1) is 9.70. The summed E-state index contributed by atoms with van der Waals surface area (Å²) in [6.07, 6.45) is -1.29. The van der Waals surface area contributed by atoms with Gasteiger partial charge in [-0.15, -0.1) is 0 Å². The van der Waals surface area contributed by atoms with Crippen molar-refractivity contribution in [3.8, 4) is 0 Å². The van der Waals surface area contributed by atoms with E-state index in [2.05, 4.69) is 0 Å². The number of alkyl halides is 3. The summed E-state index contributed by atoms with van der Waals surface area (Å²) in [5.74, 6) is -0.0721. The Morgan fingerprint density at radius 3 is 2.29 bits per heavy atom. The lowest BCUT2D eigenvalue weighted by Gasteiger charge is -2.38. The third kappa shape index (κ3) is 3.97. The number of rotatable bonds is 4. The van der Waals surface area contributed by atoms with Crippen molar-refractivity contribution in [2.24, 2.45) is 5.73 Å². The summed E-state index contributed by atoms with van der Waals surface area (Å²) >= 11 is 0. The first kappa shape index (κ1) is 15.8. The summed E-state index contributed by atoms with van der Waals surface area (Å²) in [5, 5.41) is 0. The molecular weight excluding hydrogens is 281 g/mol. The molecule has 0 aliphatic heterocycles. The van der Waals surface area contributed by atoms with Crippen LogP contribution in [0.5, 0.6) is 0 Å². The van der Waals surface area contributed by atoms with E-state index in [0.29, 0.717) is 12.0 Å². The van der Waals surface area contributed by atoms with E-state index in [1.165, 1.54) is 17.0 Å². The minimum Gasteiger partial charge on any atom is -0.341 e. The molecular formula is C15H19F3N2O. The molecule has 1 aliphatic carbocycles. The van der Waals surface area contributed by atoms with E-state index in [1.54, 1.807) is 7.05 Å². The van der Waals surface area contributed by atoms with Gasteiger partial charge in [-0.1, -0.05) is 12.1 Å². The second-order valence-electron chi connectivity index (χ2n) is 5.84. The number of hydrogen-bond donors (Lipinski definition) is 1. The van der Waals surface area contributed by atoms with Gasteiger partial charge in [0.25, 0.3) is 0 Å². The first-order valence-corrected chi connectivity index (χ1v) is 6.89. The lowest BCUT2D eigenvalue weighted by Crippen LogP contribution is -2.50. The Labute approximate surface area is 121 Å². The van der Waals surface area contributed by atoms with E-state index in [0.717, 1.165) is 31.4 Å². The molecule has 0 heterocycles. The molecule has 2 rings (SSSR count). The SMILES string of the molecule is CN(Cc1ccc(C(F)(F)F)cc1)C(=O)CC1(N)CCC1. The largest absolute Gasteiger partial charge is 0.416 e. The fourth-order valence-corrected chi connectivity index (χ4v) is 2.40. The molecule has 1 aromatic rings. The van der Waals surface area contributed by atoms with Crippen LogP contribution in [0.1, 0.15) is 36.8 Å². The molecule has 0 saturated heterocycles. The Morgan fingerprint density at radius 1 is 1.29 bits per heavy atom. The van der Waals surface area contributed by atoms with Crippen LogP contribution in [-0.4, -0.2) is 23.4 Å². The second-order valence-corrected chi connectivity index (χ2v) is 5.84. The van der Waals surface area contributed by atoms with Gasteiger partial charge in [0.05, 0.1) is 5.56 Å². The van der Waals surface area contributed by atoms with Gasteiger partial charge in [0.15, 0.2) is 0 Å². The average molecular weight is 300 g/mol. The van der Waals surface area contributed by atoms with Crippen LogP contribution in [-0.2, 0) is 17.5 Å². The van der Waals surface area contributed by atoms with Crippen LogP contribution in [0.4, 0.5) is 13.2 Å². The van der Waals surface area contributed by atoms with Crippen LogP contribution in [0.25, 0.3) is 0 Å². The molecule has 0 atom stereocenters. The van der Waals surface area contributed by atoms with Crippen LogP contribution >= 0.6 is 0 Å². The predicted molar refractivity (Wildman–Crippen MR) is 73.3 cm³/mol. The van der Waals surface area contributed by atoms with Crippen LogP contribution < -0.4 is 5.73 Å². The fraction of sp³-hybridized carbons (Fsp3) is 0.533. The Hall–Kier alpha value is -1.56. The van der Waals surface area contributed by atoms with Gasteiger partial charge in [-0.25, -0.2) is 0 Å². The van der Waals surface area contributed by atoms with Crippen molar-refractivity contribution in [3.63, 3.8) is 0 Å². The highest BCUT2D eigenvalue weighted by molar-refractivity contribution is 5.77. The van der Waals surface area contributed by atoms with E-state index in [9.17, 15) is 18.0 Å². The molecule has 2 N–H and O–H groups in total. The van der Waals surface area contributed by atoms with Gasteiger partial charge in [0, 0.05) is 25.6 Å². The quantitative estimate of drug-likeness (QED) is 0.929. The van der Waals surface area contributed by atoms with E-state index in [-0.39, 0.29) is 18.0 Å². The summed E-state index contributed by atoms with van der Waals surface area (Å²) in [4.78, 5) is 13.6. The molecule has 0 bridgehead atoms. The number of benzene rings is 1. The summed E-state index contributed by atoms with van der Waals surface area (Å²) in [7, 11) is 1.64. The fourth-order valence-electron chi connectivity index (χ4n) is 2.40. The van der Waals surface area contributed by atoms with E-state index in [1.807, 2.05) is 0 Å². The van der Waals surface area contributed by atoms with Crippen LogP contribution in [0.3, 0.4) is 0 Å². The lowest BCUT2D eigenvalue weighted by atomic mass is 9.75. The topological polar surface area (TPSA) is 46.3 Å². The molecule has 1 aliphatic rings. The van der Waals surface area contributed by atoms with Gasteiger partial charge in [0.1, 0.15) is 0 Å². The minimum absolute atomic E-state index is 0.0721. The molecule has 0 spiro atoms. The molecule has 1 amide bonds. The van der Waals surface area contributed by atoms with E-state index >= 15 is 0 Å². The lowest BCUT2D eigenvalue weighted by molar-refractivity contribution is -0.137. The van der Waals surface area contributed by atoms with E-state index < -0.39 is 11.7 Å². The maximum absolute atomic E-state index is 12.5. The predicted octanol–water partition coefficient (Wildman–Crippen LogP) is 2.94. The highest BCUT2D eigenvalue weighted by Crippen LogP contribution is 2.33. The molecule has 3 nitrogen and oxygen atoms in total. The third-order valence-electron chi connectivity index (χ3n) is 3.98. The summed E-state index contributed by atoms with van der Waals surface area (Å²) in [6, 6.07) is 4.86. The minimum atomic E-state index is -4.34. The molecule has 6 heteroatoms. The highest BCUT2D eigenvalue weighted by Gasteiger charge is 2.35. The van der Waals surface area contributed by atoms with Crippen molar-refractivity contribution >= 4 is 5.91 Å². The Kier molecular flexibility index (Phi) is 4.27. The molecule has 0 aromatic heterocycles.